The second kappa shape index (κ2) is 8.78. The van der Waals surface area contributed by atoms with Crippen LogP contribution in [0.4, 0.5) is 25.1 Å². The molecule has 0 unspecified atom stereocenters. The molecule has 11 heteroatoms. The van der Waals surface area contributed by atoms with Gasteiger partial charge in [0.1, 0.15) is 11.5 Å². The van der Waals surface area contributed by atoms with Gasteiger partial charge in [-0.1, -0.05) is 6.07 Å². The number of hydrogen-bond acceptors (Lipinski definition) is 8. The second-order valence-electron chi connectivity index (χ2n) is 7.19. The van der Waals surface area contributed by atoms with E-state index in [2.05, 4.69) is 25.3 Å². The van der Waals surface area contributed by atoms with Crippen LogP contribution in [0.5, 0.6) is 6.01 Å². The van der Waals surface area contributed by atoms with E-state index in [4.69, 9.17) is 9.15 Å². The van der Waals surface area contributed by atoms with Crippen molar-refractivity contribution >= 4 is 11.9 Å². The van der Waals surface area contributed by atoms with Crippen LogP contribution in [0.3, 0.4) is 0 Å². The fourth-order valence-electron chi connectivity index (χ4n) is 2.93. The lowest BCUT2D eigenvalue weighted by Gasteiger charge is -2.22. The molecule has 31 heavy (non-hydrogen) atoms. The highest BCUT2D eigenvalue weighted by Gasteiger charge is 2.33. The van der Waals surface area contributed by atoms with Crippen molar-refractivity contribution in [2.45, 2.75) is 45.1 Å². The zero-order valence-corrected chi connectivity index (χ0v) is 16.8. The summed E-state index contributed by atoms with van der Waals surface area (Å²) in [5.74, 6) is 1.73. The van der Waals surface area contributed by atoms with Gasteiger partial charge >= 0.3 is 12.2 Å². The number of anilines is 2. The zero-order valence-electron chi connectivity index (χ0n) is 16.8. The smallest absolute Gasteiger partial charge is 0.422 e. The molecule has 0 amide bonds. The monoisotopic (exact) mass is 434 g/mol. The van der Waals surface area contributed by atoms with E-state index in [1.54, 1.807) is 12.3 Å². The molecule has 0 spiro atoms. The summed E-state index contributed by atoms with van der Waals surface area (Å²) >= 11 is 0. The number of nitrogens with zero attached hydrogens (tertiary/aromatic N) is 5. The van der Waals surface area contributed by atoms with Crippen LogP contribution in [0, 0.1) is 6.92 Å². The number of aryl methyl sites for hydroxylation is 1. The number of rotatable bonds is 9. The predicted molar refractivity (Wildman–Crippen MR) is 106 cm³/mol. The third-order valence-electron chi connectivity index (χ3n) is 4.49. The highest BCUT2D eigenvalue weighted by atomic mass is 19.4. The van der Waals surface area contributed by atoms with E-state index < -0.39 is 18.8 Å². The Hall–Kier alpha value is -3.37. The lowest BCUT2D eigenvalue weighted by molar-refractivity contribution is -0.154. The molecule has 3 aromatic heterocycles. The maximum Gasteiger partial charge on any atom is 0.422 e. The van der Waals surface area contributed by atoms with Crippen molar-refractivity contribution in [3.8, 4) is 6.01 Å². The first-order chi connectivity index (χ1) is 14.9. The van der Waals surface area contributed by atoms with E-state index in [9.17, 15) is 13.2 Å². The van der Waals surface area contributed by atoms with E-state index in [-0.39, 0.29) is 24.5 Å². The minimum atomic E-state index is -4.50. The molecule has 0 saturated heterocycles. The number of hydrogen-bond donors (Lipinski definition) is 1. The predicted octanol–water partition coefficient (Wildman–Crippen LogP) is 3.89. The fourth-order valence-corrected chi connectivity index (χ4v) is 2.93. The molecule has 1 aliphatic rings. The third kappa shape index (κ3) is 6.06. The van der Waals surface area contributed by atoms with E-state index in [1.807, 2.05) is 36.1 Å². The summed E-state index contributed by atoms with van der Waals surface area (Å²) in [5.41, 5.74) is 0.799. The number of nitrogens with one attached hydrogen (secondary N) is 1. The Labute approximate surface area is 176 Å². The Morgan fingerprint density at radius 2 is 2.00 bits per heavy atom. The maximum atomic E-state index is 12.7. The van der Waals surface area contributed by atoms with Crippen LogP contribution in [0.2, 0.25) is 0 Å². The van der Waals surface area contributed by atoms with Gasteiger partial charge in [-0.05, 0) is 44.0 Å². The van der Waals surface area contributed by atoms with Crippen molar-refractivity contribution in [1.82, 2.24) is 19.9 Å². The molecule has 1 saturated carbocycles. The van der Waals surface area contributed by atoms with Crippen molar-refractivity contribution < 1.29 is 22.3 Å². The van der Waals surface area contributed by atoms with Crippen LogP contribution >= 0.6 is 0 Å². The lowest BCUT2D eigenvalue weighted by Crippen LogP contribution is -2.28. The molecule has 3 heterocycles. The number of aromatic nitrogens is 4. The quantitative estimate of drug-likeness (QED) is 0.543. The fraction of sp³-hybridized carbons (Fsp3) is 0.400. The Kier molecular flexibility index (Phi) is 5.92. The van der Waals surface area contributed by atoms with Crippen molar-refractivity contribution in [2.75, 3.05) is 16.8 Å². The highest BCUT2D eigenvalue weighted by molar-refractivity contribution is 5.41. The Morgan fingerprint density at radius 1 is 1.16 bits per heavy atom. The summed E-state index contributed by atoms with van der Waals surface area (Å²) < 4.78 is 48.3. The third-order valence-corrected chi connectivity index (χ3v) is 4.49. The van der Waals surface area contributed by atoms with Gasteiger partial charge in [-0.3, -0.25) is 4.98 Å². The van der Waals surface area contributed by atoms with Gasteiger partial charge in [0.15, 0.2) is 6.61 Å². The number of ether oxygens (including phenoxy) is 1. The van der Waals surface area contributed by atoms with Gasteiger partial charge in [-0.25, -0.2) is 0 Å². The van der Waals surface area contributed by atoms with E-state index >= 15 is 0 Å². The molecule has 0 bridgehead atoms. The van der Waals surface area contributed by atoms with E-state index in [1.165, 1.54) is 0 Å². The SMILES string of the molecule is Cc1ccc(CNc2nc(OCC(F)(F)F)nc(N(Cc3ccccn3)C3CC3)n2)o1. The number of alkyl halides is 3. The van der Waals surface area contributed by atoms with Crippen molar-refractivity contribution in [1.29, 1.82) is 0 Å². The van der Waals surface area contributed by atoms with E-state index in [0.29, 0.717) is 12.3 Å². The van der Waals surface area contributed by atoms with Crippen molar-refractivity contribution in [3.63, 3.8) is 0 Å². The van der Waals surface area contributed by atoms with E-state index in [0.717, 1.165) is 24.3 Å². The molecule has 3 aromatic rings. The largest absolute Gasteiger partial charge is 0.465 e. The van der Waals surface area contributed by atoms with Crippen LogP contribution in [0.25, 0.3) is 0 Å². The highest BCUT2D eigenvalue weighted by Crippen LogP contribution is 2.32. The minimum absolute atomic E-state index is 0.0999. The van der Waals surface area contributed by atoms with Gasteiger partial charge in [-0.2, -0.15) is 28.1 Å². The topological polar surface area (TPSA) is 89.2 Å². The summed E-state index contributed by atoms with van der Waals surface area (Å²) in [6, 6.07) is 8.95. The molecule has 0 aromatic carbocycles. The van der Waals surface area contributed by atoms with Gasteiger partial charge in [-0.15, -0.1) is 0 Å². The number of halogens is 3. The first-order valence-electron chi connectivity index (χ1n) is 9.77. The van der Waals surface area contributed by atoms with Gasteiger partial charge < -0.3 is 19.4 Å². The second-order valence-corrected chi connectivity index (χ2v) is 7.19. The number of pyridine rings is 1. The molecule has 164 valence electrons. The molecule has 1 aliphatic carbocycles. The van der Waals surface area contributed by atoms with Crippen LogP contribution in [0.1, 0.15) is 30.1 Å². The normalized spacial score (nSPS) is 13.8. The summed E-state index contributed by atoms with van der Waals surface area (Å²) in [4.78, 5) is 18.8. The Bertz CT molecular complexity index is 1010. The molecule has 0 atom stereocenters. The van der Waals surface area contributed by atoms with Crippen LogP contribution in [-0.2, 0) is 13.1 Å². The molecular formula is C20H21F3N6O2. The maximum absolute atomic E-state index is 12.7. The standard InChI is InChI=1S/C20H21F3N6O2/c1-13-5-8-16(31-13)10-25-17-26-18(28-19(27-17)30-12-20(21,22)23)29(15-6-7-15)11-14-4-2-3-9-24-14/h2-5,8-9,15H,6-7,10-12H2,1H3,(H,25,26,27,28). The molecule has 0 radical (unpaired) electrons. The molecule has 4 rings (SSSR count). The van der Waals surface area contributed by atoms with Gasteiger partial charge in [0.2, 0.25) is 11.9 Å². The summed E-state index contributed by atoms with van der Waals surface area (Å²) in [6.45, 7) is 1.01. The summed E-state index contributed by atoms with van der Waals surface area (Å²) in [5, 5.41) is 2.97. The van der Waals surface area contributed by atoms with Gasteiger partial charge in [0.05, 0.1) is 18.8 Å². The first kappa shape index (κ1) is 20.9. The summed E-state index contributed by atoms with van der Waals surface area (Å²) in [7, 11) is 0. The molecule has 0 aliphatic heterocycles. The molecular weight excluding hydrogens is 413 g/mol. The molecule has 1 N–H and O–H groups in total. The summed E-state index contributed by atoms with van der Waals surface area (Å²) in [6.07, 6.45) is -0.947. The van der Waals surface area contributed by atoms with Crippen molar-refractivity contribution in [2.24, 2.45) is 0 Å². The Balaban J connectivity index is 1.58. The van der Waals surface area contributed by atoms with Crippen LogP contribution < -0.4 is 15.0 Å². The average molecular weight is 434 g/mol. The zero-order chi connectivity index (χ0) is 21.8. The lowest BCUT2D eigenvalue weighted by atomic mass is 10.3. The molecule has 1 fully saturated rings. The Morgan fingerprint density at radius 3 is 2.65 bits per heavy atom. The minimum Gasteiger partial charge on any atom is -0.465 e. The molecule has 8 nitrogen and oxygen atoms in total. The van der Waals surface area contributed by atoms with Gasteiger partial charge in [0, 0.05) is 12.2 Å². The first-order valence-corrected chi connectivity index (χ1v) is 9.77. The van der Waals surface area contributed by atoms with Crippen LogP contribution in [0.15, 0.2) is 40.9 Å². The average Bonchev–Trinajstić information content (AvgIpc) is 3.50. The van der Waals surface area contributed by atoms with Gasteiger partial charge in [0.25, 0.3) is 0 Å². The van der Waals surface area contributed by atoms with Crippen molar-refractivity contribution in [3.05, 3.63) is 53.7 Å². The number of furan rings is 1. The van der Waals surface area contributed by atoms with Crippen LogP contribution in [-0.4, -0.2) is 38.8 Å².